The third-order valence-corrected chi connectivity index (χ3v) is 2.93. The Balaban J connectivity index is 1.85. The van der Waals surface area contributed by atoms with Gasteiger partial charge in [-0.05, 0) is 54.7 Å². The van der Waals surface area contributed by atoms with Crippen molar-refractivity contribution in [1.29, 1.82) is 0 Å². The van der Waals surface area contributed by atoms with Gasteiger partial charge in [-0.1, -0.05) is 6.07 Å². The first-order valence-corrected chi connectivity index (χ1v) is 6.76. The second kappa shape index (κ2) is 7.37. The molecule has 7 heteroatoms. The number of amides is 1. The highest BCUT2D eigenvalue weighted by atomic mass is 32.1. The minimum Gasteiger partial charge on any atom is -0.497 e. The van der Waals surface area contributed by atoms with Crippen LogP contribution in [0.15, 0.2) is 48.5 Å². The van der Waals surface area contributed by atoms with Crippen molar-refractivity contribution in [1.82, 2.24) is 10.9 Å². The van der Waals surface area contributed by atoms with Crippen LogP contribution in [0.2, 0.25) is 0 Å². The van der Waals surface area contributed by atoms with Crippen molar-refractivity contribution >= 4 is 28.9 Å². The first-order valence-electron chi connectivity index (χ1n) is 6.35. The summed E-state index contributed by atoms with van der Waals surface area (Å²) in [6.07, 6.45) is 0. The van der Waals surface area contributed by atoms with Crippen molar-refractivity contribution in [3.63, 3.8) is 0 Å². The number of rotatable bonds is 3. The number of benzene rings is 2. The van der Waals surface area contributed by atoms with Crippen molar-refractivity contribution < 1.29 is 13.9 Å². The van der Waals surface area contributed by atoms with Crippen LogP contribution in [0.5, 0.6) is 5.75 Å². The number of anilines is 1. The molecule has 0 unspecified atom stereocenters. The van der Waals surface area contributed by atoms with Crippen LogP contribution in [0.4, 0.5) is 10.1 Å². The Bertz CT molecular complexity index is 677. The molecule has 0 saturated carbocycles. The smallest absolute Gasteiger partial charge is 0.269 e. The minimum atomic E-state index is -0.488. The lowest BCUT2D eigenvalue weighted by Crippen LogP contribution is -2.43. The van der Waals surface area contributed by atoms with Gasteiger partial charge >= 0.3 is 0 Å². The normalized spacial score (nSPS) is 9.73. The van der Waals surface area contributed by atoms with Crippen LogP contribution in [0.25, 0.3) is 0 Å². The Labute approximate surface area is 132 Å². The highest BCUT2D eigenvalue weighted by Gasteiger charge is 2.06. The SMILES string of the molecule is COc1ccc(NC(=S)NNC(=O)c2cccc(F)c2)cc1. The number of carbonyl (C=O) groups excluding carboxylic acids is 1. The molecule has 2 rings (SSSR count). The van der Waals surface area contributed by atoms with Gasteiger partial charge in [0.05, 0.1) is 7.11 Å². The van der Waals surface area contributed by atoms with Crippen LogP contribution in [-0.2, 0) is 0 Å². The maximum absolute atomic E-state index is 13.0. The topological polar surface area (TPSA) is 62.4 Å². The average Bonchev–Trinajstić information content (AvgIpc) is 2.53. The summed E-state index contributed by atoms with van der Waals surface area (Å²) in [6.45, 7) is 0. The highest BCUT2D eigenvalue weighted by Crippen LogP contribution is 2.14. The zero-order valence-electron chi connectivity index (χ0n) is 11.7. The summed E-state index contributed by atoms with van der Waals surface area (Å²) in [5.74, 6) is -0.242. The number of methoxy groups -OCH3 is 1. The van der Waals surface area contributed by atoms with Crippen LogP contribution < -0.4 is 20.9 Å². The van der Waals surface area contributed by atoms with Crippen LogP contribution in [0.3, 0.4) is 0 Å². The molecule has 0 aliphatic rings. The van der Waals surface area contributed by atoms with Crippen LogP contribution >= 0.6 is 12.2 Å². The summed E-state index contributed by atoms with van der Waals surface area (Å²) < 4.78 is 18.1. The monoisotopic (exact) mass is 319 g/mol. The molecule has 0 saturated heterocycles. The first kappa shape index (κ1) is 15.7. The fourth-order valence-corrected chi connectivity index (χ4v) is 1.82. The van der Waals surface area contributed by atoms with Crippen molar-refractivity contribution in [3.8, 4) is 5.75 Å². The third-order valence-electron chi connectivity index (χ3n) is 2.72. The number of hydrogen-bond donors (Lipinski definition) is 3. The van der Waals surface area contributed by atoms with Crippen molar-refractivity contribution in [3.05, 3.63) is 59.9 Å². The molecule has 5 nitrogen and oxygen atoms in total. The van der Waals surface area contributed by atoms with Crippen molar-refractivity contribution in [2.45, 2.75) is 0 Å². The van der Waals surface area contributed by atoms with E-state index >= 15 is 0 Å². The number of nitrogens with one attached hydrogen (secondary N) is 3. The summed E-state index contributed by atoms with van der Waals surface area (Å²) in [5, 5.41) is 3.09. The summed E-state index contributed by atoms with van der Waals surface area (Å²) in [7, 11) is 1.58. The molecule has 114 valence electrons. The molecule has 0 aliphatic carbocycles. The third kappa shape index (κ3) is 4.42. The quantitative estimate of drug-likeness (QED) is 0.599. The van der Waals surface area contributed by atoms with E-state index in [1.165, 1.54) is 18.2 Å². The molecule has 0 heterocycles. The van der Waals surface area contributed by atoms with E-state index in [0.717, 1.165) is 17.5 Å². The van der Waals surface area contributed by atoms with E-state index in [9.17, 15) is 9.18 Å². The van der Waals surface area contributed by atoms with Gasteiger partial charge in [0.2, 0.25) is 0 Å². The second-order valence-corrected chi connectivity index (χ2v) is 4.68. The summed E-state index contributed by atoms with van der Waals surface area (Å²) in [4.78, 5) is 11.8. The van der Waals surface area contributed by atoms with Gasteiger partial charge in [0.25, 0.3) is 5.91 Å². The first-order chi connectivity index (χ1) is 10.6. The summed E-state index contributed by atoms with van der Waals surface area (Å²) in [5.41, 5.74) is 5.86. The molecule has 2 aromatic carbocycles. The molecule has 0 fully saturated rings. The standard InChI is InChI=1S/C15H14FN3O2S/c1-21-13-7-5-12(6-8-13)17-15(22)19-18-14(20)10-3-2-4-11(16)9-10/h2-9H,1H3,(H,18,20)(H2,17,19,22). The van der Waals surface area contributed by atoms with Gasteiger partial charge in [-0.25, -0.2) is 4.39 Å². The molecule has 0 radical (unpaired) electrons. The van der Waals surface area contributed by atoms with Gasteiger partial charge < -0.3 is 10.1 Å². The number of thiocarbonyl (C=S) groups is 1. The Morgan fingerprint density at radius 2 is 1.86 bits per heavy atom. The van der Waals surface area contributed by atoms with E-state index in [1.807, 2.05) is 0 Å². The predicted molar refractivity (Wildman–Crippen MR) is 86.2 cm³/mol. The lowest BCUT2D eigenvalue weighted by molar-refractivity contribution is 0.0943. The van der Waals surface area contributed by atoms with Gasteiger partial charge in [0.1, 0.15) is 11.6 Å². The number of hydrogen-bond acceptors (Lipinski definition) is 3. The fourth-order valence-electron chi connectivity index (χ4n) is 1.65. The number of ether oxygens (including phenoxy) is 1. The van der Waals surface area contributed by atoms with Gasteiger partial charge in [0.15, 0.2) is 5.11 Å². The van der Waals surface area contributed by atoms with Gasteiger partial charge in [-0.3, -0.25) is 15.6 Å². The number of carbonyl (C=O) groups is 1. The van der Waals surface area contributed by atoms with E-state index in [4.69, 9.17) is 17.0 Å². The Kier molecular flexibility index (Phi) is 5.26. The van der Waals surface area contributed by atoms with E-state index in [1.54, 1.807) is 31.4 Å². The van der Waals surface area contributed by atoms with Crippen LogP contribution in [-0.4, -0.2) is 18.1 Å². The molecule has 0 aliphatic heterocycles. The summed E-state index contributed by atoms with van der Waals surface area (Å²) >= 11 is 5.05. The predicted octanol–water partition coefficient (Wildman–Crippen LogP) is 2.47. The molecule has 1 amide bonds. The fraction of sp³-hybridized carbons (Fsp3) is 0.0667. The van der Waals surface area contributed by atoms with E-state index < -0.39 is 11.7 Å². The molecular formula is C15H14FN3O2S. The number of halogens is 1. The van der Waals surface area contributed by atoms with Crippen LogP contribution in [0, 0.1) is 5.82 Å². The Hall–Kier alpha value is -2.67. The average molecular weight is 319 g/mol. The van der Waals surface area contributed by atoms with E-state index in [0.29, 0.717) is 0 Å². The van der Waals surface area contributed by atoms with Crippen LogP contribution in [0.1, 0.15) is 10.4 Å². The maximum atomic E-state index is 13.0. The zero-order chi connectivity index (χ0) is 15.9. The second-order valence-electron chi connectivity index (χ2n) is 4.27. The molecule has 0 atom stereocenters. The number of hydrazine groups is 1. The van der Waals surface area contributed by atoms with Crippen molar-refractivity contribution in [2.24, 2.45) is 0 Å². The van der Waals surface area contributed by atoms with E-state index in [2.05, 4.69) is 16.2 Å². The molecular weight excluding hydrogens is 305 g/mol. The lowest BCUT2D eigenvalue weighted by atomic mass is 10.2. The van der Waals surface area contributed by atoms with Gasteiger partial charge in [-0.15, -0.1) is 0 Å². The highest BCUT2D eigenvalue weighted by molar-refractivity contribution is 7.80. The molecule has 0 aromatic heterocycles. The molecule has 0 bridgehead atoms. The van der Waals surface area contributed by atoms with E-state index in [-0.39, 0.29) is 10.7 Å². The summed E-state index contributed by atoms with van der Waals surface area (Å²) in [6, 6.07) is 12.5. The van der Waals surface area contributed by atoms with Crippen molar-refractivity contribution in [2.75, 3.05) is 12.4 Å². The lowest BCUT2D eigenvalue weighted by Gasteiger charge is -2.12. The maximum Gasteiger partial charge on any atom is 0.269 e. The molecule has 22 heavy (non-hydrogen) atoms. The molecule has 3 N–H and O–H groups in total. The Morgan fingerprint density at radius 3 is 2.50 bits per heavy atom. The zero-order valence-corrected chi connectivity index (χ0v) is 12.5. The van der Waals surface area contributed by atoms with Gasteiger partial charge in [0, 0.05) is 11.3 Å². The largest absolute Gasteiger partial charge is 0.497 e. The molecule has 2 aromatic rings. The Morgan fingerprint density at radius 1 is 1.14 bits per heavy atom. The molecule has 0 spiro atoms. The minimum absolute atomic E-state index is 0.194. The van der Waals surface area contributed by atoms with Gasteiger partial charge in [-0.2, -0.15) is 0 Å².